The van der Waals surface area contributed by atoms with Crippen LogP contribution in [-0.4, -0.2) is 148 Å². The van der Waals surface area contributed by atoms with Crippen molar-refractivity contribution >= 4 is 150 Å². The van der Waals surface area contributed by atoms with E-state index in [0.29, 0.717) is 33.3 Å². The number of aliphatic carboxylic acids is 2. The van der Waals surface area contributed by atoms with Gasteiger partial charge in [-0.3, -0.25) is 62.5 Å². The first-order valence-corrected chi connectivity index (χ1v) is 32.6. The summed E-state index contributed by atoms with van der Waals surface area (Å²) in [5, 5.41) is 27.5. The highest BCUT2D eigenvalue weighted by Gasteiger charge is 2.40. The van der Waals surface area contributed by atoms with Crippen molar-refractivity contribution in [3.8, 4) is 0 Å². The summed E-state index contributed by atoms with van der Waals surface area (Å²) in [6, 6.07) is 43.5. The molecule has 5 N–H and O–H groups in total. The Labute approximate surface area is 591 Å². The lowest BCUT2D eigenvalue weighted by atomic mass is 10.0. The van der Waals surface area contributed by atoms with Gasteiger partial charge in [0.15, 0.2) is 0 Å². The van der Waals surface area contributed by atoms with Gasteiger partial charge in [0.1, 0.15) is 61.2 Å². The van der Waals surface area contributed by atoms with Gasteiger partial charge in [-0.2, -0.15) is 0 Å². The Balaban J connectivity index is 0.000000264. The molecule has 532 valence electrons. The number of halogens is 1. The number of amides is 7. The number of carbonyl (C=O) groups is 16. The molecular weight excluding hydrogens is 1340 g/mol. The van der Waals surface area contributed by atoms with Gasteiger partial charge in [-0.25, -0.2) is 0 Å². The zero-order valence-corrected chi connectivity index (χ0v) is 57.1. The first kappa shape index (κ1) is 79.1. The van der Waals surface area contributed by atoms with Crippen molar-refractivity contribution in [1.82, 2.24) is 16.0 Å². The molecule has 26 nitrogen and oxygen atoms in total. The molecule has 102 heavy (non-hydrogen) atoms. The Hall–Kier alpha value is -11.9. The van der Waals surface area contributed by atoms with Crippen molar-refractivity contribution in [2.45, 2.75) is 110 Å². The monoisotopic (exact) mass is 1410 g/mol. The number of ketones is 4. The summed E-state index contributed by atoms with van der Waals surface area (Å²) in [4.78, 5) is 199. The van der Waals surface area contributed by atoms with Crippen LogP contribution in [0.25, 0.3) is 21.5 Å². The zero-order valence-electron chi connectivity index (χ0n) is 56.3. The van der Waals surface area contributed by atoms with E-state index in [1.54, 1.807) is 78.9 Å². The number of hydrogen-bond acceptors (Lipinski definition) is 17. The number of rotatable bonds is 26. The summed E-state index contributed by atoms with van der Waals surface area (Å²) >= 11 is 4.93. The largest absolute Gasteiger partial charge is 0.481 e. The van der Waals surface area contributed by atoms with Gasteiger partial charge in [0.2, 0.25) is 23.0 Å². The second kappa shape index (κ2) is 39.0. The molecule has 0 aliphatic carbocycles. The fourth-order valence-corrected chi connectivity index (χ4v) is 10.6. The summed E-state index contributed by atoms with van der Waals surface area (Å²) in [5.74, 6) is -7.31. The van der Waals surface area contributed by atoms with E-state index in [2.05, 4.69) is 16.0 Å². The fourth-order valence-electron chi connectivity index (χ4n) is 10.5. The van der Waals surface area contributed by atoms with Gasteiger partial charge < -0.3 is 64.7 Å². The number of anilines is 4. The number of hydrogen-bond donors (Lipinski definition) is 5. The third-order valence-corrected chi connectivity index (χ3v) is 15.7. The SMILES string of the molecule is CC(=O)CCC(=O)Cl.CC(=O)CCC(=O)N1CC(NC(=O)c2cccc3ccccc23)C(=O)N(CC(=O)NC(C=O)CC(=O)O)c2ccccc21.CC(=O)CCC(=O)N1CC(NC(=O)c2cccc3ccccc23)C(=O)N(CC(=O)OCc2ccccc2)c2ccccc21.CC(=O)CCC(=O)O. The smallest absolute Gasteiger partial charge is 0.326 e. The Morgan fingerprint density at radius 2 is 0.873 bits per heavy atom. The molecule has 3 unspecified atom stereocenters. The number of ether oxygens (including phenoxy) is 1. The average molecular weight is 1410 g/mol. The van der Waals surface area contributed by atoms with Gasteiger partial charge in [0, 0.05) is 56.1 Å². The van der Waals surface area contributed by atoms with Gasteiger partial charge >= 0.3 is 17.9 Å². The number of fused-ring (bicyclic) bond motifs is 4. The molecule has 27 heteroatoms. The number of esters is 1. The van der Waals surface area contributed by atoms with Gasteiger partial charge in [-0.05, 0) is 103 Å². The number of para-hydroxylation sites is 4. The van der Waals surface area contributed by atoms with E-state index in [9.17, 15) is 76.7 Å². The standard InChI is InChI=1S/C34H31N3O6.C31H30N4O8.C5H7ClO2.C5H8O3/c1-23(38)18-19-31(39)36-20-28(35-33(41)27-15-9-13-25-12-5-6-14-26(25)27)34(42)37(30-17-8-7-16-29(30)36)21-32(40)43-22-24-10-3-2-4-11-24;1-19(37)13-14-28(39)34-16-24(33-30(42)23-10-6-8-20-7-2-3-9-22(20)23)31(43)35(26-12-5-4-11-25(26)34)17-27(38)32-21(18-36)15-29(40)41;1-4(7)2-3-5(6)8;1-4(6)2-3-5(7)8/h2-17,28H,18-22H2,1H3,(H,35,41);2-12,18,21,24H,13-17H2,1H3,(H,32,38)(H,33,42)(H,40,41);2-3H2,1H3;2-3H2,1H3,(H,7,8). The Morgan fingerprint density at radius 1 is 0.480 bits per heavy atom. The number of Topliss-reactive ketones (excluding diaryl/α,β-unsaturated/α-hetero) is 4. The van der Waals surface area contributed by atoms with Crippen molar-refractivity contribution < 1.29 is 91.7 Å². The van der Waals surface area contributed by atoms with Crippen LogP contribution < -0.4 is 35.6 Å². The summed E-state index contributed by atoms with van der Waals surface area (Å²) in [6.45, 7) is 4.08. The maximum absolute atomic E-state index is 14.1. The number of benzene rings is 7. The maximum Gasteiger partial charge on any atom is 0.326 e. The van der Waals surface area contributed by atoms with Gasteiger partial charge in [-0.1, -0.05) is 127 Å². The molecule has 0 radical (unpaired) electrons. The van der Waals surface area contributed by atoms with Crippen molar-refractivity contribution in [2.24, 2.45) is 0 Å². The lowest BCUT2D eigenvalue weighted by molar-refractivity contribution is -0.144. The highest BCUT2D eigenvalue weighted by molar-refractivity contribution is 6.63. The van der Waals surface area contributed by atoms with Crippen LogP contribution in [0.2, 0.25) is 0 Å². The van der Waals surface area contributed by atoms with Crippen LogP contribution in [0.5, 0.6) is 0 Å². The van der Waals surface area contributed by atoms with Crippen molar-refractivity contribution in [2.75, 3.05) is 45.8 Å². The molecule has 7 amide bonds. The van der Waals surface area contributed by atoms with E-state index in [4.69, 9.17) is 26.6 Å². The van der Waals surface area contributed by atoms with Crippen LogP contribution >= 0.6 is 11.6 Å². The zero-order chi connectivity index (χ0) is 74.6. The molecular formula is C75H76ClN7O19. The number of nitrogens with one attached hydrogen (secondary N) is 3. The van der Waals surface area contributed by atoms with Crippen molar-refractivity contribution in [3.63, 3.8) is 0 Å². The number of aldehydes is 1. The van der Waals surface area contributed by atoms with E-state index < -0.39 is 96.2 Å². The molecule has 2 aliphatic rings. The van der Waals surface area contributed by atoms with Crippen LogP contribution in [0, 0.1) is 0 Å². The molecule has 0 fully saturated rings. The third kappa shape index (κ3) is 23.9. The molecule has 7 aromatic carbocycles. The summed E-state index contributed by atoms with van der Waals surface area (Å²) in [6.07, 6.45) is -0.0343. The van der Waals surface area contributed by atoms with E-state index in [-0.39, 0.29) is 118 Å². The summed E-state index contributed by atoms with van der Waals surface area (Å²) in [5.41, 5.74) is 2.63. The van der Waals surface area contributed by atoms with E-state index >= 15 is 0 Å². The molecule has 0 bridgehead atoms. The highest BCUT2D eigenvalue weighted by atomic mass is 35.5. The first-order chi connectivity index (χ1) is 48.6. The number of carboxylic acids is 2. The van der Waals surface area contributed by atoms with Crippen LogP contribution in [0.15, 0.2) is 164 Å². The second-order valence-corrected chi connectivity index (χ2v) is 24.0. The lowest BCUT2D eigenvalue weighted by Crippen LogP contribution is -2.54. The van der Waals surface area contributed by atoms with Gasteiger partial charge in [0.25, 0.3) is 23.6 Å². The normalized spacial score (nSPS) is 13.9. The molecule has 0 saturated carbocycles. The van der Waals surface area contributed by atoms with Crippen LogP contribution in [0.3, 0.4) is 0 Å². The Bertz CT molecular complexity index is 4250. The second-order valence-electron chi connectivity index (χ2n) is 23.6. The Morgan fingerprint density at radius 3 is 1.27 bits per heavy atom. The van der Waals surface area contributed by atoms with Gasteiger partial charge in [0.05, 0.1) is 54.7 Å². The number of carboxylic acid groups (broad SMARTS) is 2. The molecule has 2 heterocycles. The summed E-state index contributed by atoms with van der Waals surface area (Å²) in [7, 11) is 0. The predicted molar refractivity (Wildman–Crippen MR) is 377 cm³/mol. The lowest BCUT2D eigenvalue weighted by Gasteiger charge is -2.25. The first-order valence-electron chi connectivity index (χ1n) is 32.2. The van der Waals surface area contributed by atoms with E-state index in [1.165, 1.54) is 48.5 Å². The topological polar surface area (TPSA) is 372 Å². The van der Waals surface area contributed by atoms with Gasteiger partial charge in [-0.15, -0.1) is 0 Å². The number of nitrogens with zero attached hydrogens (tertiary/aromatic N) is 4. The third-order valence-electron chi connectivity index (χ3n) is 15.5. The average Bonchev–Trinajstić information content (AvgIpc) is 1.61. The maximum atomic E-state index is 14.1. The minimum atomic E-state index is -1.33. The van der Waals surface area contributed by atoms with E-state index in [1.807, 2.05) is 78.9 Å². The van der Waals surface area contributed by atoms with Crippen LogP contribution in [0.4, 0.5) is 22.7 Å². The Kier molecular flexibility index (Phi) is 30.2. The molecule has 0 spiro atoms. The predicted octanol–water partition coefficient (Wildman–Crippen LogP) is 7.84. The fraction of sp³-hybridized carbons (Fsp3) is 0.280. The number of carbonyl (C=O) groups excluding carboxylic acids is 14. The molecule has 0 saturated heterocycles. The molecule has 0 aromatic heterocycles. The quantitative estimate of drug-likeness (QED) is 0.0196. The summed E-state index contributed by atoms with van der Waals surface area (Å²) < 4.78 is 5.47. The van der Waals surface area contributed by atoms with Crippen molar-refractivity contribution in [3.05, 3.63) is 180 Å². The molecule has 2 aliphatic heterocycles. The minimum Gasteiger partial charge on any atom is -0.481 e. The van der Waals surface area contributed by atoms with Crippen molar-refractivity contribution in [1.29, 1.82) is 0 Å². The molecule has 9 rings (SSSR count). The van der Waals surface area contributed by atoms with E-state index in [0.717, 1.165) is 21.2 Å². The van der Waals surface area contributed by atoms with Crippen LogP contribution in [-0.2, 0) is 78.5 Å². The van der Waals surface area contributed by atoms with Crippen LogP contribution in [0.1, 0.15) is 112 Å². The molecule has 7 aromatic rings. The highest BCUT2D eigenvalue weighted by Crippen LogP contribution is 2.36. The minimum absolute atomic E-state index is 0.000926. The molecule has 3 atom stereocenters.